The van der Waals surface area contributed by atoms with Gasteiger partial charge in [-0.05, 0) is 29.8 Å². The first kappa shape index (κ1) is 15.1. The van der Waals surface area contributed by atoms with Gasteiger partial charge in [-0.25, -0.2) is 10.4 Å². The van der Waals surface area contributed by atoms with Crippen molar-refractivity contribution < 1.29 is 13.9 Å². The molecule has 0 saturated carbocycles. The monoisotopic (exact) mass is 299 g/mol. The van der Waals surface area contributed by atoms with Crippen LogP contribution in [0.25, 0.3) is 0 Å². The average Bonchev–Trinajstić information content (AvgIpc) is 2.86. The summed E-state index contributed by atoms with van der Waals surface area (Å²) in [6, 6.07) is 8.77. The van der Waals surface area contributed by atoms with Gasteiger partial charge in [-0.2, -0.15) is 10.4 Å². The van der Waals surface area contributed by atoms with Crippen molar-refractivity contribution >= 4 is 18.0 Å². The molecule has 1 amide bonds. The summed E-state index contributed by atoms with van der Waals surface area (Å²) in [6.45, 7) is 1.47. The Balaban J connectivity index is 1.95. The maximum Gasteiger partial charge on any atom is 0.255 e. The number of amides is 1. The largest absolute Gasteiger partial charge is 0.484 e. The van der Waals surface area contributed by atoms with Gasteiger partial charge in [-0.1, -0.05) is 0 Å². The Bertz CT molecular complexity index is 728. The van der Waals surface area contributed by atoms with Gasteiger partial charge in [0.25, 0.3) is 11.8 Å². The minimum absolute atomic E-state index is 0.143. The Morgan fingerprint density at radius 1 is 1.55 bits per heavy atom. The van der Waals surface area contributed by atoms with Crippen LogP contribution in [-0.2, 0) is 4.79 Å². The number of aryl methyl sites for hydroxylation is 1. The molecule has 0 aliphatic carbocycles. The first-order chi connectivity index (χ1) is 10.6. The standard InChI is InChI=1S/C14H13N5O3/c1-9-18-12(6-15)14(22-9)19-17-7-10-2-4-11(5-3-10)21-8-13(16)20/h2-5,7,19H,8H2,1H3,(H2,16,20)/b17-7+. The number of benzene rings is 1. The van der Waals surface area contributed by atoms with Crippen LogP contribution in [0.15, 0.2) is 33.8 Å². The zero-order chi connectivity index (χ0) is 15.9. The molecule has 0 aliphatic rings. The van der Waals surface area contributed by atoms with Crippen LogP contribution < -0.4 is 15.9 Å². The number of nitriles is 1. The van der Waals surface area contributed by atoms with Crippen molar-refractivity contribution in [2.75, 3.05) is 12.0 Å². The molecule has 0 bridgehead atoms. The second kappa shape index (κ2) is 6.90. The van der Waals surface area contributed by atoms with E-state index in [0.29, 0.717) is 11.6 Å². The van der Waals surface area contributed by atoms with E-state index in [4.69, 9.17) is 20.1 Å². The van der Waals surface area contributed by atoms with Gasteiger partial charge in [0.2, 0.25) is 5.69 Å². The fourth-order valence-electron chi connectivity index (χ4n) is 1.55. The van der Waals surface area contributed by atoms with Gasteiger partial charge in [0.05, 0.1) is 6.21 Å². The topological polar surface area (TPSA) is 127 Å². The van der Waals surface area contributed by atoms with Crippen molar-refractivity contribution in [3.63, 3.8) is 0 Å². The van der Waals surface area contributed by atoms with Crippen LogP contribution in [0.4, 0.5) is 5.88 Å². The second-order valence-electron chi connectivity index (χ2n) is 4.22. The summed E-state index contributed by atoms with van der Waals surface area (Å²) < 4.78 is 10.3. The Morgan fingerprint density at radius 3 is 2.91 bits per heavy atom. The first-order valence-electron chi connectivity index (χ1n) is 6.26. The lowest BCUT2D eigenvalue weighted by molar-refractivity contribution is -0.119. The summed E-state index contributed by atoms with van der Waals surface area (Å²) in [5, 5.41) is 12.8. The van der Waals surface area contributed by atoms with E-state index in [2.05, 4.69) is 15.5 Å². The Hall–Kier alpha value is -3.34. The summed E-state index contributed by atoms with van der Waals surface area (Å²) in [5.41, 5.74) is 8.53. The summed E-state index contributed by atoms with van der Waals surface area (Å²) in [6.07, 6.45) is 1.54. The van der Waals surface area contributed by atoms with E-state index in [0.717, 1.165) is 5.56 Å². The molecule has 8 nitrogen and oxygen atoms in total. The van der Waals surface area contributed by atoms with Crippen molar-refractivity contribution in [1.82, 2.24) is 4.98 Å². The zero-order valence-corrected chi connectivity index (χ0v) is 11.7. The third-order valence-corrected chi connectivity index (χ3v) is 2.48. The molecule has 8 heteroatoms. The number of aromatic nitrogens is 1. The Kier molecular flexibility index (Phi) is 4.72. The molecule has 112 valence electrons. The average molecular weight is 299 g/mol. The predicted molar refractivity (Wildman–Crippen MR) is 78.3 cm³/mol. The smallest absolute Gasteiger partial charge is 0.255 e. The van der Waals surface area contributed by atoms with Crippen LogP contribution in [0.1, 0.15) is 17.1 Å². The van der Waals surface area contributed by atoms with E-state index in [1.807, 2.05) is 6.07 Å². The van der Waals surface area contributed by atoms with Crippen LogP contribution in [0, 0.1) is 18.3 Å². The molecule has 0 spiro atoms. The number of carbonyl (C=O) groups excluding carboxylic acids is 1. The highest BCUT2D eigenvalue weighted by Gasteiger charge is 2.08. The zero-order valence-electron chi connectivity index (χ0n) is 11.7. The van der Waals surface area contributed by atoms with Crippen molar-refractivity contribution in [3.8, 4) is 11.8 Å². The molecule has 0 atom stereocenters. The lowest BCUT2D eigenvalue weighted by Crippen LogP contribution is -2.19. The summed E-state index contributed by atoms with van der Waals surface area (Å²) in [4.78, 5) is 14.5. The highest BCUT2D eigenvalue weighted by atomic mass is 16.5. The molecule has 1 heterocycles. The number of rotatable bonds is 6. The molecule has 22 heavy (non-hydrogen) atoms. The number of hydrogen-bond donors (Lipinski definition) is 2. The predicted octanol–water partition coefficient (Wildman–Crippen LogP) is 1.16. The van der Waals surface area contributed by atoms with Gasteiger partial charge >= 0.3 is 0 Å². The fourth-order valence-corrected chi connectivity index (χ4v) is 1.55. The van der Waals surface area contributed by atoms with Crippen LogP contribution in [0.2, 0.25) is 0 Å². The van der Waals surface area contributed by atoms with Crippen LogP contribution in [0.3, 0.4) is 0 Å². The molecule has 0 aliphatic heterocycles. The van der Waals surface area contributed by atoms with E-state index in [1.54, 1.807) is 31.2 Å². The van der Waals surface area contributed by atoms with Gasteiger partial charge in [-0.3, -0.25) is 4.79 Å². The number of hydrazone groups is 1. The molecule has 1 aromatic heterocycles. The number of oxazole rings is 1. The molecule has 0 saturated heterocycles. The Morgan fingerprint density at radius 2 is 2.27 bits per heavy atom. The molecule has 1 aromatic carbocycles. The molecule has 3 N–H and O–H groups in total. The number of primary amides is 1. The molecule has 0 unspecified atom stereocenters. The van der Waals surface area contributed by atoms with Crippen LogP contribution >= 0.6 is 0 Å². The number of anilines is 1. The van der Waals surface area contributed by atoms with E-state index in [9.17, 15) is 4.79 Å². The van der Waals surface area contributed by atoms with Gasteiger partial charge < -0.3 is 14.9 Å². The van der Waals surface area contributed by atoms with Gasteiger partial charge in [0.15, 0.2) is 12.5 Å². The third kappa shape index (κ3) is 4.08. The lowest BCUT2D eigenvalue weighted by Gasteiger charge is -2.03. The summed E-state index contributed by atoms with van der Waals surface area (Å²) in [7, 11) is 0. The van der Waals surface area contributed by atoms with Gasteiger partial charge in [-0.15, -0.1) is 0 Å². The lowest BCUT2D eigenvalue weighted by atomic mass is 10.2. The van der Waals surface area contributed by atoms with Crippen LogP contribution in [0.5, 0.6) is 5.75 Å². The molecule has 2 aromatic rings. The summed E-state index contributed by atoms with van der Waals surface area (Å²) >= 11 is 0. The number of ether oxygens (including phenoxy) is 1. The fraction of sp³-hybridized carbons (Fsp3) is 0.143. The number of carbonyl (C=O) groups is 1. The van der Waals surface area contributed by atoms with Crippen LogP contribution in [-0.4, -0.2) is 23.7 Å². The second-order valence-corrected chi connectivity index (χ2v) is 4.22. The van der Waals surface area contributed by atoms with Crippen molar-refractivity contribution in [2.24, 2.45) is 10.8 Å². The highest BCUT2D eigenvalue weighted by molar-refractivity contribution is 5.80. The van der Waals surface area contributed by atoms with Crippen molar-refractivity contribution in [2.45, 2.75) is 6.92 Å². The molecule has 0 fully saturated rings. The third-order valence-electron chi connectivity index (χ3n) is 2.48. The molecular weight excluding hydrogens is 286 g/mol. The maximum absolute atomic E-state index is 10.6. The van der Waals surface area contributed by atoms with Gasteiger partial charge in [0, 0.05) is 6.92 Å². The number of nitrogens with two attached hydrogens (primary N) is 1. The highest BCUT2D eigenvalue weighted by Crippen LogP contribution is 2.15. The molecule has 2 rings (SSSR count). The first-order valence-corrected chi connectivity index (χ1v) is 6.26. The normalized spacial score (nSPS) is 10.4. The van der Waals surface area contributed by atoms with E-state index in [-0.39, 0.29) is 18.2 Å². The number of nitrogens with one attached hydrogen (secondary N) is 1. The maximum atomic E-state index is 10.6. The van der Waals surface area contributed by atoms with Crippen molar-refractivity contribution in [3.05, 3.63) is 41.4 Å². The molecule has 0 radical (unpaired) electrons. The summed E-state index contributed by atoms with van der Waals surface area (Å²) in [5.74, 6) is 0.565. The number of hydrogen-bond acceptors (Lipinski definition) is 7. The van der Waals surface area contributed by atoms with Gasteiger partial charge in [0.1, 0.15) is 11.8 Å². The SMILES string of the molecule is Cc1nc(C#N)c(N/N=C/c2ccc(OCC(N)=O)cc2)o1. The molecular formula is C14H13N5O3. The van der Waals surface area contributed by atoms with Crippen molar-refractivity contribution in [1.29, 1.82) is 5.26 Å². The minimum atomic E-state index is -0.537. The van der Waals surface area contributed by atoms with E-state index in [1.165, 1.54) is 6.21 Å². The van der Waals surface area contributed by atoms with E-state index < -0.39 is 5.91 Å². The quantitative estimate of drug-likeness (QED) is 0.608. The minimum Gasteiger partial charge on any atom is -0.484 e. The number of nitrogens with zero attached hydrogens (tertiary/aromatic N) is 3. The van der Waals surface area contributed by atoms with E-state index >= 15 is 0 Å². The Labute approximate surface area is 126 Å².